The second-order valence-electron chi connectivity index (χ2n) is 5.54. The van der Waals surface area contributed by atoms with Gasteiger partial charge in [-0.3, -0.25) is 9.03 Å². The van der Waals surface area contributed by atoms with Gasteiger partial charge in [-0.25, -0.2) is 16.8 Å². The number of anilines is 2. The van der Waals surface area contributed by atoms with Crippen LogP contribution < -0.4 is 13.8 Å². The van der Waals surface area contributed by atoms with E-state index in [-0.39, 0.29) is 16.3 Å². The zero-order valence-electron chi connectivity index (χ0n) is 14.3. The number of nitrogens with one attached hydrogen (secondary N) is 1. The van der Waals surface area contributed by atoms with Crippen molar-refractivity contribution in [1.82, 2.24) is 0 Å². The number of methoxy groups -OCH3 is 1. The maximum atomic E-state index is 12.6. The number of benzene rings is 2. The molecule has 0 atom stereocenters. The van der Waals surface area contributed by atoms with Crippen LogP contribution in [0.2, 0.25) is 0 Å². The Kier molecular flexibility index (Phi) is 5.28. The van der Waals surface area contributed by atoms with Gasteiger partial charge in [0.05, 0.1) is 23.9 Å². The lowest BCUT2D eigenvalue weighted by molar-refractivity contribution is 0.415. The van der Waals surface area contributed by atoms with Crippen LogP contribution in [0.25, 0.3) is 0 Å². The van der Waals surface area contributed by atoms with E-state index in [1.54, 1.807) is 18.2 Å². The molecular weight excluding hydrogens is 364 g/mol. The van der Waals surface area contributed by atoms with Crippen LogP contribution in [0.15, 0.2) is 47.4 Å². The minimum atomic E-state index is -3.88. The molecule has 2 rings (SSSR count). The summed E-state index contributed by atoms with van der Waals surface area (Å²) in [5, 5.41) is 0. The van der Waals surface area contributed by atoms with Gasteiger partial charge in [-0.05, 0) is 42.8 Å². The summed E-state index contributed by atoms with van der Waals surface area (Å²) in [7, 11) is -4.75. The molecule has 7 nitrogen and oxygen atoms in total. The highest BCUT2D eigenvalue weighted by Gasteiger charge is 2.21. The quantitative estimate of drug-likeness (QED) is 0.824. The van der Waals surface area contributed by atoms with E-state index in [4.69, 9.17) is 4.74 Å². The van der Waals surface area contributed by atoms with E-state index in [0.717, 1.165) is 16.1 Å². The maximum absolute atomic E-state index is 12.6. The van der Waals surface area contributed by atoms with E-state index in [9.17, 15) is 16.8 Å². The lowest BCUT2D eigenvalue weighted by atomic mass is 10.2. The van der Waals surface area contributed by atoms with E-state index in [1.807, 2.05) is 13.0 Å². The first-order valence-corrected chi connectivity index (χ1v) is 10.6. The highest BCUT2D eigenvalue weighted by atomic mass is 32.2. The van der Waals surface area contributed by atoms with Crippen molar-refractivity contribution in [2.75, 3.05) is 29.4 Å². The molecular formula is C16H20N2O5S2. The number of rotatable bonds is 6. The van der Waals surface area contributed by atoms with Crippen molar-refractivity contribution in [2.45, 2.75) is 11.8 Å². The Balaban J connectivity index is 2.48. The Morgan fingerprint density at radius 2 is 1.72 bits per heavy atom. The van der Waals surface area contributed by atoms with Crippen molar-refractivity contribution < 1.29 is 21.6 Å². The van der Waals surface area contributed by atoms with Crippen molar-refractivity contribution in [1.29, 1.82) is 0 Å². The Hall–Kier alpha value is -2.26. The summed E-state index contributed by atoms with van der Waals surface area (Å²) in [5.41, 5.74) is 1.47. The van der Waals surface area contributed by atoms with Gasteiger partial charge >= 0.3 is 0 Å². The first-order chi connectivity index (χ1) is 11.5. The zero-order chi connectivity index (χ0) is 18.8. The van der Waals surface area contributed by atoms with Gasteiger partial charge in [-0.1, -0.05) is 12.1 Å². The van der Waals surface area contributed by atoms with Crippen LogP contribution in [0.5, 0.6) is 5.75 Å². The molecule has 0 radical (unpaired) electrons. The highest BCUT2D eigenvalue weighted by molar-refractivity contribution is 7.93. The molecule has 0 saturated carbocycles. The number of hydrogen-bond donors (Lipinski definition) is 1. The van der Waals surface area contributed by atoms with Crippen LogP contribution in [0.4, 0.5) is 11.4 Å². The number of nitrogens with zero attached hydrogens (tertiary/aromatic N) is 1. The highest BCUT2D eigenvalue weighted by Crippen LogP contribution is 2.32. The number of ether oxygens (including phenoxy) is 1. The van der Waals surface area contributed by atoms with Gasteiger partial charge in [-0.2, -0.15) is 0 Å². The first-order valence-electron chi connectivity index (χ1n) is 7.26. The SMILES string of the molecule is COc1ccc(S(=O)(=O)Nc2cccc(C)c2)cc1N(C)S(C)(=O)=O. The van der Waals surface area contributed by atoms with Crippen LogP contribution in [0, 0.1) is 6.92 Å². The normalized spacial score (nSPS) is 11.8. The average molecular weight is 384 g/mol. The van der Waals surface area contributed by atoms with E-state index < -0.39 is 20.0 Å². The largest absolute Gasteiger partial charge is 0.495 e. The number of aryl methyl sites for hydroxylation is 1. The van der Waals surface area contributed by atoms with Crippen molar-refractivity contribution >= 4 is 31.4 Å². The fourth-order valence-corrected chi connectivity index (χ4v) is 3.75. The van der Waals surface area contributed by atoms with E-state index in [2.05, 4.69) is 4.72 Å². The molecule has 0 bridgehead atoms. The summed E-state index contributed by atoms with van der Waals surface area (Å²) in [6.45, 7) is 1.85. The lowest BCUT2D eigenvalue weighted by Crippen LogP contribution is -2.25. The Morgan fingerprint density at radius 3 is 2.28 bits per heavy atom. The first kappa shape index (κ1) is 19.1. The van der Waals surface area contributed by atoms with Crippen LogP contribution >= 0.6 is 0 Å². The Morgan fingerprint density at radius 1 is 1.04 bits per heavy atom. The van der Waals surface area contributed by atoms with Gasteiger partial charge in [0.25, 0.3) is 10.0 Å². The second kappa shape index (κ2) is 6.93. The molecule has 0 aliphatic carbocycles. The Bertz CT molecular complexity index is 985. The van der Waals surface area contributed by atoms with Gasteiger partial charge in [0.15, 0.2) is 0 Å². The van der Waals surface area contributed by atoms with Crippen LogP contribution in [0.1, 0.15) is 5.56 Å². The number of sulfonamides is 2. The van der Waals surface area contributed by atoms with Crippen molar-refractivity contribution in [3.8, 4) is 5.75 Å². The smallest absolute Gasteiger partial charge is 0.261 e. The minimum absolute atomic E-state index is 0.0692. The van der Waals surface area contributed by atoms with Gasteiger partial charge < -0.3 is 4.74 Å². The van der Waals surface area contributed by atoms with Crippen molar-refractivity contribution in [3.05, 3.63) is 48.0 Å². The molecule has 25 heavy (non-hydrogen) atoms. The molecule has 1 N–H and O–H groups in total. The van der Waals surface area contributed by atoms with Crippen LogP contribution in [0.3, 0.4) is 0 Å². The third-order valence-corrected chi connectivity index (χ3v) is 6.14. The predicted octanol–water partition coefficient (Wildman–Crippen LogP) is 2.20. The van der Waals surface area contributed by atoms with E-state index >= 15 is 0 Å². The summed E-state index contributed by atoms with van der Waals surface area (Å²) < 4.78 is 57.4. The summed E-state index contributed by atoms with van der Waals surface area (Å²) in [6.07, 6.45) is 1.03. The molecule has 0 spiro atoms. The lowest BCUT2D eigenvalue weighted by Gasteiger charge is -2.20. The summed E-state index contributed by atoms with van der Waals surface area (Å²) in [5.74, 6) is 0.252. The molecule has 0 aromatic heterocycles. The summed E-state index contributed by atoms with van der Waals surface area (Å²) in [4.78, 5) is -0.0692. The van der Waals surface area contributed by atoms with Crippen LogP contribution in [-0.2, 0) is 20.0 Å². The predicted molar refractivity (Wildman–Crippen MR) is 98.2 cm³/mol. The molecule has 0 aliphatic rings. The molecule has 2 aromatic carbocycles. The third kappa shape index (κ3) is 4.43. The molecule has 0 amide bonds. The van der Waals surface area contributed by atoms with E-state index in [0.29, 0.717) is 5.69 Å². The van der Waals surface area contributed by atoms with Gasteiger partial charge in [-0.15, -0.1) is 0 Å². The number of hydrogen-bond acceptors (Lipinski definition) is 5. The van der Waals surface area contributed by atoms with Crippen molar-refractivity contribution in [3.63, 3.8) is 0 Å². The Labute approximate surface area is 148 Å². The fraction of sp³-hybridized carbons (Fsp3) is 0.250. The van der Waals surface area contributed by atoms with E-state index in [1.165, 1.54) is 32.4 Å². The molecule has 136 valence electrons. The third-order valence-electron chi connectivity index (χ3n) is 3.57. The standard InChI is InChI=1S/C16H20N2O5S2/c1-12-6-5-7-13(10-12)17-25(21,22)14-8-9-16(23-3)15(11-14)18(2)24(4,19)20/h5-11,17H,1-4H3. The molecule has 0 unspecified atom stereocenters. The molecule has 9 heteroatoms. The van der Waals surface area contributed by atoms with Gasteiger partial charge in [0, 0.05) is 12.7 Å². The fourth-order valence-electron chi connectivity index (χ4n) is 2.18. The molecule has 0 heterocycles. The maximum Gasteiger partial charge on any atom is 0.261 e. The van der Waals surface area contributed by atoms with Crippen molar-refractivity contribution in [2.24, 2.45) is 0 Å². The average Bonchev–Trinajstić information content (AvgIpc) is 2.52. The molecule has 0 saturated heterocycles. The molecule has 2 aromatic rings. The molecule has 0 aliphatic heterocycles. The minimum Gasteiger partial charge on any atom is -0.495 e. The van der Waals surface area contributed by atoms with Crippen LogP contribution in [-0.4, -0.2) is 37.2 Å². The summed E-state index contributed by atoms with van der Waals surface area (Å²) in [6, 6.07) is 11.0. The van der Waals surface area contributed by atoms with Gasteiger partial charge in [0.1, 0.15) is 5.75 Å². The monoisotopic (exact) mass is 384 g/mol. The zero-order valence-corrected chi connectivity index (χ0v) is 16.0. The summed E-state index contributed by atoms with van der Waals surface area (Å²) >= 11 is 0. The molecule has 0 fully saturated rings. The van der Waals surface area contributed by atoms with Gasteiger partial charge in [0.2, 0.25) is 10.0 Å². The second-order valence-corrected chi connectivity index (χ2v) is 9.24. The topological polar surface area (TPSA) is 92.8 Å².